The molecule has 0 amide bonds. The van der Waals surface area contributed by atoms with Crippen LogP contribution in [0.15, 0.2) is 12.4 Å². The van der Waals surface area contributed by atoms with Crippen molar-refractivity contribution in [3.8, 4) is 10.6 Å². The summed E-state index contributed by atoms with van der Waals surface area (Å²) in [5, 5.41) is 8.85. The lowest BCUT2D eigenvalue weighted by Gasteiger charge is -2.20. The predicted octanol–water partition coefficient (Wildman–Crippen LogP) is 3.56. The molecule has 0 saturated carbocycles. The fourth-order valence-corrected chi connectivity index (χ4v) is 3.07. The van der Waals surface area contributed by atoms with Gasteiger partial charge in [0.2, 0.25) is 0 Å². The maximum absolute atomic E-state index is 4.82. The van der Waals surface area contributed by atoms with E-state index in [0.29, 0.717) is 5.92 Å². The number of rotatable bonds is 4. The van der Waals surface area contributed by atoms with Crippen molar-refractivity contribution in [2.45, 2.75) is 52.6 Å². The molecule has 2 rings (SSSR count). The summed E-state index contributed by atoms with van der Waals surface area (Å²) in [4.78, 5) is 6.15. The minimum Gasteiger partial charge on any atom is -0.307 e. The van der Waals surface area contributed by atoms with Crippen LogP contribution >= 0.6 is 11.3 Å². The zero-order valence-electron chi connectivity index (χ0n) is 13.2. The maximum Gasteiger partial charge on any atom is 0.127 e. The Bertz CT molecular complexity index is 575. The topological polar surface area (TPSA) is 42.7 Å². The van der Waals surface area contributed by atoms with Gasteiger partial charge in [0.25, 0.3) is 0 Å². The van der Waals surface area contributed by atoms with Gasteiger partial charge in [-0.15, -0.1) is 11.3 Å². The second kappa shape index (κ2) is 5.66. The Morgan fingerprint density at radius 3 is 2.55 bits per heavy atom. The summed E-state index contributed by atoms with van der Waals surface area (Å²) < 4.78 is 1.82. The Hall–Kier alpha value is -1.20. The van der Waals surface area contributed by atoms with E-state index in [0.717, 1.165) is 17.1 Å². The molecule has 0 bridgehead atoms. The molecule has 5 heteroatoms. The van der Waals surface area contributed by atoms with Crippen LogP contribution in [0.3, 0.4) is 0 Å². The molecule has 0 aliphatic rings. The number of hydrogen-bond donors (Lipinski definition) is 1. The first-order valence-corrected chi connectivity index (χ1v) is 7.81. The average Bonchev–Trinajstić information content (AvgIpc) is 2.91. The highest BCUT2D eigenvalue weighted by Gasteiger charge is 2.18. The second-order valence-corrected chi connectivity index (χ2v) is 7.57. The lowest BCUT2D eigenvalue weighted by atomic mass is 10.1. The smallest absolute Gasteiger partial charge is 0.127 e. The van der Waals surface area contributed by atoms with E-state index in [-0.39, 0.29) is 5.54 Å². The van der Waals surface area contributed by atoms with Crippen molar-refractivity contribution in [2.24, 2.45) is 7.05 Å². The third kappa shape index (κ3) is 3.67. The molecule has 2 aromatic rings. The highest BCUT2D eigenvalue weighted by Crippen LogP contribution is 2.31. The van der Waals surface area contributed by atoms with Gasteiger partial charge in [-0.1, -0.05) is 13.8 Å². The summed E-state index contributed by atoms with van der Waals surface area (Å²) in [6.45, 7) is 11.8. The Morgan fingerprint density at radius 2 is 2.05 bits per heavy atom. The van der Waals surface area contributed by atoms with Gasteiger partial charge in [0.15, 0.2) is 0 Å². The van der Waals surface area contributed by atoms with Gasteiger partial charge in [-0.05, 0) is 26.7 Å². The van der Waals surface area contributed by atoms with Crippen LogP contribution in [0.1, 0.15) is 51.1 Å². The van der Waals surface area contributed by atoms with Crippen LogP contribution in [0.2, 0.25) is 0 Å². The Balaban J connectivity index is 2.28. The Kier molecular flexibility index (Phi) is 4.30. The number of nitrogens with one attached hydrogen (secondary N) is 1. The number of nitrogens with zero attached hydrogens (tertiary/aromatic N) is 3. The van der Waals surface area contributed by atoms with Crippen LogP contribution in [0.5, 0.6) is 0 Å². The summed E-state index contributed by atoms with van der Waals surface area (Å²) in [5.74, 6) is 0.438. The van der Waals surface area contributed by atoms with E-state index in [4.69, 9.17) is 4.98 Å². The molecule has 0 radical (unpaired) electrons. The van der Waals surface area contributed by atoms with Gasteiger partial charge in [-0.3, -0.25) is 4.68 Å². The molecular formula is C15H24N4S. The van der Waals surface area contributed by atoms with Crippen LogP contribution in [-0.4, -0.2) is 20.3 Å². The van der Waals surface area contributed by atoms with E-state index in [1.165, 1.54) is 10.6 Å². The van der Waals surface area contributed by atoms with E-state index < -0.39 is 0 Å². The minimum absolute atomic E-state index is 0.118. The predicted molar refractivity (Wildman–Crippen MR) is 85.0 cm³/mol. The van der Waals surface area contributed by atoms with Gasteiger partial charge in [0.05, 0.1) is 11.9 Å². The van der Waals surface area contributed by atoms with E-state index in [2.05, 4.69) is 45.0 Å². The van der Waals surface area contributed by atoms with Gasteiger partial charge in [-0.2, -0.15) is 5.10 Å². The molecule has 0 aromatic carbocycles. The third-order valence-electron chi connectivity index (χ3n) is 3.01. The molecule has 20 heavy (non-hydrogen) atoms. The molecule has 2 heterocycles. The molecule has 0 aliphatic heterocycles. The molecule has 0 atom stereocenters. The lowest BCUT2D eigenvalue weighted by molar-refractivity contribution is 0.425. The maximum atomic E-state index is 4.82. The van der Waals surface area contributed by atoms with Gasteiger partial charge in [0, 0.05) is 35.8 Å². The van der Waals surface area contributed by atoms with Crippen molar-refractivity contribution in [3.63, 3.8) is 0 Å². The van der Waals surface area contributed by atoms with Crippen LogP contribution in [0.4, 0.5) is 0 Å². The molecule has 1 N–H and O–H groups in total. The largest absolute Gasteiger partial charge is 0.307 e. The monoisotopic (exact) mass is 292 g/mol. The number of aryl methyl sites for hydroxylation is 1. The van der Waals surface area contributed by atoms with E-state index >= 15 is 0 Å². The van der Waals surface area contributed by atoms with Gasteiger partial charge < -0.3 is 5.32 Å². The molecule has 0 spiro atoms. The zero-order valence-corrected chi connectivity index (χ0v) is 14.0. The fourth-order valence-electron chi connectivity index (χ4n) is 1.94. The van der Waals surface area contributed by atoms with E-state index in [1.54, 1.807) is 11.3 Å². The van der Waals surface area contributed by atoms with Crippen molar-refractivity contribution in [1.29, 1.82) is 0 Å². The summed E-state index contributed by atoms with van der Waals surface area (Å²) >= 11 is 1.77. The van der Waals surface area contributed by atoms with Gasteiger partial charge >= 0.3 is 0 Å². The fraction of sp³-hybridized carbons (Fsp3) is 0.600. The SMILES string of the molecule is CC(C)c1nc(-c2cnn(C)c2)sc1CNC(C)(C)C. The lowest BCUT2D eigenvalue weighted by Crippen LogP contribution is -2.35. The zero-order chi connectivity index (χ0) is 14.9. The molecule has 2 aromatic heterocycles. The molecular weight excluding hydrogens is 268 g/mol. The number of aromatic nitrogens is 3. The molecule has 0 unspecified atom stereocenters. The molecule has 0 aliphatic carbocycles. The van der Waals surface area contributed by atoms with Crippen LogP contribution in [0.25, 0.3) is 10.6 Å². The highest BCUT2D eigenvalue weighted by molar-refractivity contribution is 7.15. The number of hydrogen-bond acceptors (Lipinski definition) is 4. The van der Waals surface area contributed by atoms with Crippen LogP contribution in [0, 0.1) is 0 Å². The van der Waals surface area contributed by atoms with Gasteiger partial charge in [-0.25, -0.2) is 4.98 Å². The van der Waals surface area contributed by atoms with Crippen molar-refractivity contribution >= 4 is 11.3 Å². The molecule has 110 valence electrons. The standard InChI is InChI=1S/C15H24N4S/c1-10(2)13-12(8-16-15(3,4)5)20-14(18-13)11-7-17-19(6)9-11/h7,9-10,16H,8H2,1-6H3. The summed E-state index contributed by atoms with van der Waals surface area (Å²) in [6, 6.07) is 0. The van der Waals surface area contributed by atoms with Crippen molar-refractivity contribution in [3.05, 3.63) is 23.0 Å². The van der Waals surface area contributed by atoms with Crippen LogP contribution < -0.4 is 5.32 Å². The average molecular weight is 292 g/mol. The molecule has 4 nitrogen and oxygen atoms in total. The summed E-state index contributed by atoms with van der Waals surface area (Å²) in [5.41, 5.74) is 2.42. The van der Waals surface area contributed by atoms with Crippen molar-refractivity contribution in [1.82, 2.24) is 20.1 Å². The van der Waals surface area contributed by atoms with E-state index in [1.807, 2.05) is 24.1 Å². The first kappa shape index (κ1) is 15.2. The van der Waals surface area contributed by atoms with Crippen molar-refractivity contribution in [2.75, 3.05) is 0 Å². The quantitative estimate of drug-likeness (QED) is 0.937. The third-order valence-corrected chi connectivity index (χ3v) is 4.13. The highest BCUT2D eigenvalue weighted by atomic mass is 32.1. The van der Waals surface area contributed by atoms with E-state index in [9.17, 15) is 0 Å². The first-order chi connectivity index (χ1) is 9.26. The number of thiazole rings is 1. The Morgan fingerprint density at radius 1 is 1.35 bits per heavy atom. The van der Waals surface area contributed by atoms with Gasteiger partial charge in [0.1, 0.15) is 5.01 Å². The second-order valence-electron chi connectivity index (χ2n) is 6.49. The molecule has 0 fully saturated rings. The normalized spacial score (nSPS) is 12.3. The van der Waals surface area contributed by atoms with Crippen molar-refractivity contribution < 1.29 is 0 Å². The van der Waals surface area contributed by atoms with Crippen LogP contribution in [-0.2, 0) is 13.6 Å². The Labute approximate surface area is 125 Å². The first-order valence-electron chi connectivity index (χ1n) is 7.00. The summed E-state index contributed by atoms with van der Waals surface area (Å²) in [7, 11) is 1.93. The summed E-state index contributed by atoms with van der Waals surface area (Å²) in [6.07, 6.45) is 3.90. The minimum atomic E-state index is 0.118. The molecule has 0 saturated heterocycles.